The molecule has 36 heavy (non-hydrogen) atoms. The van der Waals surface area contributed by atoms with E-state index in [4.69, 9.17) is 4.74 Å². The van der Waals surface area contributed by atoms with Gasteiger partial charge in [0.15, 0.2) is 4.80 Å². The molecule has 0 unspecified atom stereocenters. The Balaban J connectivity index is 2.02. The Morgan fingerprint density at radius 1 is 1.11 bits per heavy atom. The molecule has 0 bridgehead atoms. The highest BCUT2D eigenvalue weighted by atomic mass is 32.2. The van der Waals surface area contributed by atoms with Crippen LogP contribution in [0, 0.1) is 13.8 Å². The van der Waals surface area contributed by atoms with Gasteiger partial charge in [0.05, 0.1) is 21.7 Å². The van der Waals surface area contributed by atoms with Crippen molar-refractivity contribution in [3.63, 3.8) is 0 Å². The maximum absolute atomic E-state index is 13.0. The fourth-order valence-electron chi connectivity index (χ4n) is 3.79. The molecule has 3 rings (SSSR count). The molecule has 0 fully saturated rings. The van der Waals surface area contributed by atoms with Crippen LogP contribution < -0.4 is 4.80 Å². The Morgan fingerprint density at radius 3 is 2.33 bits per heavy atom. The Kier molecular flexibility index (Phi) is 8.78. The molecule has 3 aromatic rings. The number of hydrogen-bond donors (Lipinski definition) is 0. The summed E-state index contributed by atoms with van der Waals surface area (Å²) in [6.45, 7) is 13.3. The predicted molar refractivity (Wildman–Crippen MR) is 141 cm³/mol. The minimum absolute atomic E-state index is 0.0492. The number of amides is 1. The molecule has 190 valence electrons. The number of thiazole rings is 1. The van der Waals surface area contributed by atoms with E-state index in [9.17, 15) is 18.0 Å². The summed E-state index contributed by atoms with van der Waals surface area (Å²) in [4.78, 5) is 30.0. The Morgan fingerprint density at radius 2 is 1.75 bits per heavy atom. The molecule has 0 aliphatic rings. The average Bonchev–Trinajstić information content (AvgIpc) is 3.15. The van der Waals surface area contributed by atoms with Gasteiger partial charge in [-0.25, -0.2) is 8.42 Å². The van der Waals surface area contributed by atoms with E-state index in [0.717, 1.165) is 21.3 Å². The summed E-state index contributed by atoms with van der Waals surface area (Å²) in [6.07, 6.45) is 3.00. The van der Waals surface area contributed by atoms with Crippen LogP contribution in [0.5, 0.6) is 0 Å². The molecule has 2 aromatic carbocycles. The molecule has 10 heteroatoms. The second-order valence-electron chi connectivity index (χ2n) is 8.05. The Bertz CT molecular complexity index is 1470. The lowest BCUT2D eigenvalue weighted by atomic mass is 10.1. The first-order valence-electron chi connectivity index (χ1n) is 11.3. The van der Waals surface area contributed by atoms with Crippen molar-refractivity contribution in [3.8, 4) is 0 Å². The number of hydrogen-bond acceptors (Lipinski definition) is 6. The molecule has 0 atom stereocenters. The van der Waals surface area contributed by atoms with Crippen LogP contribution in [0.25, 0.3) is 10.2 Å². The zero-order chi connectivity index (χ0) is 26.5. The maximum atomic E-state index is 13.0. The SMILES string of the molecule is C=CCN(CC=C)S(=O)(=O)c1ccc(C(=O)N=c2sc3cc(C)cc(C)c3n2CC(=O)OCC)cc1. The summed E-state index contributed by atoms with van der Waals surface area (Å²) in [6, 6.07) is 9.60. The fraction of sp³-hybridized carbons (Fsp3) is 0.269. The number of esters is 1. The lowest BCUT2D eigenvalue weighted by Crippen LogP contribution is -2.31. The van der Waals surface area contributed by atoms with Crippen LogP contribution in [0.3, 0.4) is 0 Å². The fourth-order valence-corrected chi connectivity index (χ4v) is 6.37. The smallest absolute Gasteiger partial charge is 0.326 e. The second-order valence-corrected chi connectivity index (χ2v) is 11.0. The van der Waals surface area contributed by atoms with Gasteiger partial charge in [-0.1, -0.05) is 29.6 Å². The number of carbonyl (C=O) groups is 2. The maximum Gasteiger partial charge on any atom is 0.326 e. The largest absolute Gasteiger partial charge is 0.465 e. The van der Waals surface area contributed by atoms with Gasteiger partial charge in [0.2, 0.25) is 10.0 Å². The van der Waals surface area contributed by atoms with Gasteiger partial charge in [0.1, 0.15) is 6.54 Å². The third-order valence-electron chi connectivity index (χ3n) is 5.31. The number of carbonyl (C=O) groups excluding carboxylic acids is 2. The first kappa shape index (κ1) is 27.3. The molecule has 0 N–H and O–H groups in total. The lowest BCUT2D eigenvalue weighted by Gasteiger charge is -2.19. The molecule has 8 nitrogen and oxygen atoms in total. The number of aryl methyl sites for hydroxylation is 2. The summed E-state index contributed by atoms with van der Waals surface area (Å²) in [5.41, 5.74) is 3.05. The van der Waals surface area contributed by atoms with E-state index in [1.54, 1.807) is 11.5 Å². The van der Waals surface area contributed by atoms with Crippen LogP contribution in [0.2, 0.25) is 0 Å². The van der Waals surface area contributed by atoms with Crippen LogP contribution >= 0.6 is 11.3 Å². The van der Waals surface area contributed by atoms with Crippen molar-refractivity contribution in [1.29, 1.82) is 0 Å². The molecular formula is C26H29N3O5S2. The highest BCUT2D eigenvalue weighted by Gasteiger charge is 2.23. The quantitative estimate of drug-likeness (QED) is 0.293. The number of benzene rings is 2. The van der Waals surface area contributed by atoms with Gasteiger partial charge in [-0.05, 0) is 62.2 Å². The molecule has 1 amide bonds. The third-order valence-corrected chi connectivity index (χ3v) is 8.18. The zero-order valence-corrected chi connectivity index (χ0v) is 22.2. The molecule has 0 aliphatic carbocycles. The van der Waals surface area contributed by atoms with E-state index in [-0.39, 0.29) is 36.7 Å². The standard InChI is InChI=1S/C26H29N3O5S2/c1-6-13-28(14-7-2)36(32,33)21-11-9-20(10-12-21)25(31)27-26-29(17-23(30)34-8-3)24-19(5)15-18(4)16-22(24)35-26/h6-7,9-12,15-16H,1-2,8,13-14,17H2,3-5H3. The molecule has 1 aromatic heterocycles. The van der Waals surface area contributed by atoms with Crippen LogP contribution in [-0.4, -0.2) is 48.9 Å². The number of fused-ring (bicyclic) bond motifs is 1. The summed E-state index contributed by atoms with van der Waals surface area (Å²) in [5.74, 6) is -0.976. The third kappa shape index (κ3) is 5.89. The number of rotatable bonds is 10. The second kappa shape index (κ2) is 11.6. The molecule has 1 heterocycles. The van der Waals surface area contributed by atoms with Crippen molar-refractivity contribution in [2.24, 2.45) is 4.99 Å². The molecule has 0 radical (unpaired) electrons. The van der Waals surface area contributed by atoms with Crippen molar-refractivity contribution in [1.82, 2.24) is 8.87 Å². The first-order chi connectivity index (χ1) is 17.1. The highest BCUT2D eigenvalue weighted by Crippen LogP contribution is 2.23. The molecule has 0 saturated carbocycles. The number of aromatic nitrogens is 1. The number of ether oxygens (including phenoxy) is 1. The normalized spacial score (nSPS) is 12.2. The Hall–Kier alpha value is -3.34. The van der Waals surface area contributed by atoms with Gasteiger partial charge in [0.25, 0.3) is 5.91 Å². The molecule has 0 spiro atoms. The van der Waals surface area contributed by atoms with Crippen LogP contribution in [-0.2, 0) is 26.1 Å². The molecule has 0 aliphatic heterocycles. The molecule has 0 saturated heterocycles. The number of nitrogens with zero attached hydrogens (tertiary/aromatic N) is 3. The van der Waals surface area contributed by atoms with E-state index < -0.39 is 21.9 Å². The van der Waals surface area contributed by atoms with Gasteiger partial charge < -0.3 is 9.30 Å². The van der Waals surface area contributed by atoms with Crippen LogP contribution in [0.4, 0.5) is 0 Å². The first-order valence-corrected chi connectivity index (χ1v) is 13.5. The van der Waals surface area contributed by atoms with Crippen LogP contribution in [0.15, 0.2) is 71.6 Å². The van der Waals surface area contributed by atoms with E-state index in [2.05, 4.69) is 18.2 Å². The summed E-state index contributed by atoms with van der Waals surface area (Å²) >= 11 is 1.30. The monoisotopic (exact) mass is 527 g/mol. The highest BCUT2D eigenvalue weighted by molar-refractivity contribution is 7.89. The Labute approximate surface area is 214 Å². The summed E-state index contributed by atoms with van der Waals surface area (Å²) in [7, 11) is -3.78. The number of sulfonamides is 1. The summed E-state index contributed by atoms with van der Waals surface area (Å²) < 4.78 is 34.8. The topological polar surface area (TPSA) is 98.0 Å². The van der Waals surface area contributed by atoms with Gasteiger partial charge in [-0.3, -0.25) is 9.59 Å². The van der Waals surface area contributed by atoms with Gasteiger partial charge in [-0.2, -0.15) is 9.30 Å². The van der Waals surface area contributed by atoms with Gasteiger partial charge >= 0.3 is 5.97 Å². The van der Waals surface area contributed by atoms with E-state index in [1.165, 1.54) is 52.1 Å². The van der Waals surface area contributed by atoms with Crippen molar-refractivity contribution in [2.45, 2.75) is 32.2 Å². The average molecular weight is 528 g/mol. The van der Waals surface area contributed by atoms with Crippen molar-refractivity contribution >= 4 is 43.5 Å². The minimum atomic E-state index is -3.78. The van der Waals surface area contributed by atoms with E-state index in [0.29, 0.717) is 4.80 Å². The lowest BCUT2D eigenvalue weighted by molar-refractivity contribution is -0.143. The van der Waals surface area contributed by atoms with Crippen molar-refractivity contribution in [3.05, 3.63) is 83.2 Å². The van der Waals surface area contributed by atoms with E-state index in [1.807, 2.05) is 26.0 Å². The van der Waals surface area contributed by atoms with Gasteiger partial charge in [-0.15, -0.1) is 13.2 Å². The predicted octanol–water partition coefficient (Wildman–Crippen LogP) is 3.99. The molecular weight excluding hydrogens is 498 g/mol. The zero-order valence-electron chi connectivity index (χ0n) is 20.6. The minimum Gasteiger partial charge on any atom is -0.465 e. The van der Waals surface area contributed by atoms with Crippen LogP contribution in [0.1, 0.15) is 28.4 Å². The van der Waals surface area contributed by atoms with Crippen molar-refractivity contribution < 1.29 is 22.7 Å². The van der Waals surface area contributed by atoms with E-state index >= 15 is 0 Å². The van der Waals surface area contributed by atoms with Gasteiger partial charge in [0, 0.05) is 18.7 Å². The van der Waals surface area contributed by atoms with Crippen molar-refractivity contribution in [2.75, 3.05) is 19.7 Å². The summed E-state index contributed by atoms with van der Waals surface area (Å²) in [5, 5.41) is 0.